The van der Waals surface area contributed by atoms with Crippen molar-refractivity contribution in [2.45, 2.75) is 33.1 Å². The molecule has 1 rings (SSSR count). The zero-order chi connectivity index (χ0) is 15.0. The van der Waals surface area contributed by atoms with Gasteiger partial charge in [0.15, 0.2) is 0 Å². The van der Waals surface area contributed by atoms with Gasteiger partial charge in [-0.2, -0.15) is 0 Å². The first kappa shape index (κ1) is 16.1. The fourth-order valence-corrected chi connectivity index (χ4v) is 1.89. The standard InChI is InChI=1S/C15H21FN2O2/c1-3-18(4-2)15(20)7-5-6-14(19)17-13-10-8-12(16)9-11-13/h8-11H,3-7H2,1-2H3,(H,17,19). The molecule has 0 unspecified atom stereocenters. The molecular weight excluding hydrogens is 259 g/mol. The van der Waals surface area contributed by atoms with Crippen LogP contribution in [0.5, 0.6) is 0 Å². The molecule has 2 amide bonds. The summed E-state index contributed by atoms with van der Waals surface area (Å²) in [5.74, 6) is -0.429. The van der Waals surface area contributed by atoms with Crippen LogP contribution in [0.1, 0.15) is 33.1 Å². The Kier molecular flexibility index (Phi) is 6.70. The number of hydrogen-bond donors (Lipinski definition) is 1. The molecule has 0 bridgehead atoms. The summed E-state index contributed by atoms with van der Waals surface area (Å²) in [6.07, 6.45) is 1.17. The van der Waals surface area contributed by atoms with E-state index in [0.29, 0.717) is 31.6 Å². The largest absolute Gasteiger partial charge is 0.343 e. The van der Waals surface area contributed by atoms with E-state index in [-0.39, 0.29) is 24.1 Å². The van der Waals surface area contributed by atoms with Crippen LogP contribution >= 0.6 is 0 Å². The van der Waals surface area contributed by atoms with Gasteiger partial charge in [-0.25, -0.2) is 4.39 Å². The van der Waals surface area contributed by atoms with E-state index in [1.165, 1.54) is 24.3 Å². The summed E-state index contributed by atoms with van der Waals surface area (Å²) in [6, 6.07) is 5.60. The number of carbonyl (C=O) groups excluding carboxylic acids is 2. The summed E-state index contributed by atoms with van der Waals surface area (Å²) in [4.78, 5) is 25.1. The first-order chi connectivity index (χ1) is 9.56. The highest BCUT2D eigenvalue weighted by Gasteiger charge is 2.10. The van der Waals surface area contributed by atoms with Crippen LogP contribution < -0.4 is 5.32 Å². The normalized spacial score (nSPS) is 10.2. The molecule has 0 saturated carbocycles. The van der Waals surface area contributed by atoms with Crippen LogP contribution in [0, 0.1) is 5.82 Å². The number of rotatable bonds is 7. The number of halogens is 1. The SMILES string of the molecule is CCN(CC)C(=O)CCCC(=O)Nc1ccc(F)cc1. The van der Waals surface area contributed by atoms with Crippen LogP contribution in [0.3, 0.4) is 0 Å². The number of nitrogens with zero attached hydrogens (tertiary/aromatic N) is 1. The Morgan fingerprint density at radius 2 is 1.70 bits per heavy atom. The van der Waals surface area contributed by atoms with Crippen molar-refractivity contribution in [2.24, 2.45) is 0 Å². The molecule has 0 saturated heterocycles. The van der Waals surface area contributed by atoms with Crippen molar-refractivity contribution < 1.29 is 14.0 Å². The molecule has 1 N–H and O–H groups in total. The van der Waals surface area contributed by atoms with E-state index in [1.54, 1.807) is 4.90 Å². The highest BCUT2D eigenvalue weighted by Crippen LogP contribution is 2.09. The third-order valence-electron chi connectivity index (χ3n) is 3.04. The highest BCUT2D eigenvalue weighted by molar-refractivity contribution is 5.90. The van der Waals surface area contributed by atoms with Crippen LogP contribution in [0.25, 0.3) is 0 Å². The highest BCUT2D eigenvalue weighted by atomic mass is 19.1. The van der Waals surface area contributed by atoms with Crippen molar-refractivity contribution in [3.8, 4) is 0 Å². The second-order valence-corrected chi connectivity index (χ2v) is 4.47. The van der Waals surface area contributed by atoms with Crippen LogP contribution in [0.15, 0.2) is 24.3 Å². The van der Waals surface area contributed by atoms with E-state index < -0.39 is 0 Å². The molecule has 4 nitrogen and oxygen atoms in total. The third-order valence-corrected chi connectivity index (χ3v) is 3.04. The van der Waals surface area contributed by atoms with E-state index in [4.69, 9.17) is 0 Å². The van der Waals surface area contributed by atoms with Gasteiger partial charge in [0.25, 0.3) is 0 Å². The molecule has 0 heterocycles. The maximum Gasteiger partial charge on any atom is 0.224 e. The minimum Gasteiger partial charge on any atom is -0.343 e. The number of anilines is 1. The van der Waals surface area contributed by atoms with Crippen molar-refractivity contribution in [1.29, 1.82) is 0 Å². The van der Waals surface area contributed by atoms with Crippen molar-refractivity contribution in [3.63, 3.8) is 0 Å². The Hall–Kier alpha value is -1.91. The molecule has 5 heteroatoms. The lowest BCUT2D eigenvalue weighted by Gasteiger charge is -2.18. The van der Waals surface area contributed by atoms with Crippen molar-refractivity contribution in [3.05, 3.63) is 30.1 Å². The molecule has 1 aromatic carbocycles. The van der Waals surface area contributed by atoms with Gasteiger partial charge in [0.05, 0.1) is 0 Å². The molecule has 0 atom stereocenters. The summed E-state index contributed by atoms with van der Waals surface area (Å²) in [6.45, 7) is 5.25. The van der Waals surface area contributed by atoms with E-state index >= 15 is 0 Å². The van der Waals surface area contributed by atoms with Gasteiger partial charge < -0.3 is 10.2 Å². The molecule has 20 heavy (non-hydrogen) atoms. The lowest BCUT2D eigenvalue weighted by Crippen LogP contribution is -2.30. The Balaban J connectivity index is 2.30. The molecule has 1 aromatic rings. The predicted molar refractivity (Wildman–Crippen MR) is 76.8 cm³/mol. The van der Waals surface area contributed by atoms with Gasteiger partial charge in [-0.05, 0) is 44.5 Å². The Morgan fingerprint density at radius 3 is 2.25 bits per heavy atom. The summed E-state index contributed by atoms with van der Waals surface area (Å²) in [5, 5.41) is 2.67. The Labute approximate surface area is 119 Å². The van der Waals surface area contributed by atoms with Gasteiger partial charge in [-0.1, -0.05) is 0 Å². The molecule has 0 aliphatic rings. The molecule has 0 fully saturated rings. The third kappa shape index (κ3) is 5.38. The first-order valence-corrected chi connectivity index (χ1v) is 6.90. The van der Waals surface area contributed by atoms with E-state index in [1.807, 2.05) is 13.8 Å². The molecule has 110 valence electrons. The molecule has 0 aliphatic heterocycles. The molecular formula is C15H21FN2O2. The van der Waals surface area contributed by atoms with Gasteiger partial charge in [0, 0.05) is 31.6 Å². The number of amides is 2. The molecule has 0 aliphatic carbocycles. The van der Waals surface area contributed by atoms with E-state index in [0.717, 1.165) is 0 Å². The topological polar surface area (TPSA) is 49.4 Å². The molecule has 0 spiro atoms. The smallest absolute Gasteiger partial charge is 0.224 e. The lowest BCUT2D eigenvalue weighted by atomic mass is 10.2. The van der Waals surface area contributed by atoms with Crippen LogP contribution in [-0.2, 0) is 9.59 Å². The number of nitrogens with one attached hydrogen (secondary N) is 1. The maximum absolute atomic E-state index is 12.7. The minimum atomic E-state index is -0.340. The fourth-order valence-electron chi connectivity index (χ4n) is 1.89. The molecule has 0 aromatic heterocycles. The monoisotopic (exact) mass is 280 g/mol. The predicted octanol–water partition coefficient (Wildman–Crippen LogP) is 2.80. The van der Waals surface area contributed by atoms with Gasteiger partial charge in [0.1, 0.15) is 5.82 Å². The second-order valence-electron chi connectivity index (χ2n) is 4.47. The quantitative estimate of drug-likeness (QED) is 0.835. The van der Waals surface area contributed by atoms with Crippen molar-refractivity contribution >= 4 is 17.5 Å². The van der Waals surface area contributed by atoms with Gasteiger partial charge >= 0.3 is 0 Å². The zero-order valence-electron chi connectivity index (χ0n) is 12.0. The van der Waals surface area contributed by atoms with Gasteiger partial charge in [-0.15, -0.1) is 0 Å². The minimum absolute atomic E-state index is 0.0737. The lowest BCUT2D eigenvalue weighted by molar-refractivity contribution is -0.130. The fraction of sp³-hybridized carbons (Fsp3) is 0.467. The van der Waals surface area contributed by atoms with Crippen LogP contribution in [0.4, 0.5) is 10.1 Å². The van der Waals surface area contributed by atoms with Crippen LogP contribution in [-0.4, -0.2) is 29.8 Å². The average molecular weight is 280 g/mol. The average Bonchev–Trinajstić information content (AvgIpc) is 2.43. The first-order valence-electron chi connectivity index (χ1n) is 6.90. The Morgan fingerprint density at radius 1 is 1.10 bits per heavy atom. The second kappa shape index (κ2) is 8.30. The number of benzene rings is 1. The summed E-state index contributed by atoms with van der Waals surface area (Å²) >= 11 is 0. The maximum atomic E-state index is 12.7. The van der Waals surface area contributed by atoms with Crippen LogP contribution in [0.2, 0.25) is 0 Å². The number of carbonyl (C=O) groups is 2. The van der Waals surface area contributed by atoms with Crippen molar-refractivity contribution in [1.82, 2.24) is 4.90 Å². The summed E-state index contributed by atoms with van der Waals surface area (Å²) in [7, 11) is 0. The van der Waals surface area contributed by atoms with Gasteiger partial charge in [0.2, 0.25) is 11.8 Å². The summed E-state index contributed by atoms with van der Waals surface area (Å²) in [5.41, 5.74) is 0.562. The Bertz CT molecular complexity index is 442. The number of hydrogen-bond acceptors (Lipinski definition) is 2. The summed E-state index contributed by atoms with van der Waals surface area (Å²) < 4.78 is 12.7. The van der Waals surface area contributed by atoms with Gasteiger partial charge in [-0.3, -0.25) is 9.59 Å². The van der Waals surface area contributed by atoms with Crippen molar-refractivity contribution in [2.75, 3.05) is 18.4 Å². The van der Waals surface area contributed by atoms with E-state index in [2.05, 4.69) is 5.32 Å². The molecule has 0 radical (unpaired) electrons. The zero-order valence-corrected chi connectivity index (χ0v) is 12.0. The van der Waals surface area contributed by atoms with E-state index in [9.17, 15) is 14.0 Å².